The average Bonchev–Trinajstić information content (AvgIpc) is 2.30. The van der Waals surface area contributed by atoms with Crippen molar-refractivity contribution in [1.29, 1.82) is 0 Å². The van der Waals surface area contributed by atoms with Crippen LogP contribution in [0.2, 0.25) is 0 Å². The SMILES string of the molecule is CCOC(=O)OCCC(C)c1ccc(I)cc1. The van der Waals surface area contributed by atoms with Gasteiger partial charge in [0, 0.05) is 3.57 Å². The molecule has 0 fully saturated rings. The molecule has 0 spiro atoms. The van der Waals surface area contributed by atoms with E-state index in [9.17, 15) is 4.79 Å². The van der Waals surface area contributed by atoms with Crippen LogP contribution >= 0.6 is 22.6 Å². The molecule has 17 heavy (non-hydrogen) atoms. The van der Waals surface area contributed by atoms with E-state index < -0.39 is 6.16 Å². The van der Waals surface area contributed by atoms with Gasteiger partial charge in [0.05, 0.1) is 13.2 Å². The first-order valence-corrected chi connectivity index (χ1v) is 6.76. The highest BCUT2D eigenvalue weighted by molar-refractivity contribution is 14.1. The summed E-state index contributed by atoms with van der Waals surface area (Å²) in [5.74, 6) is 0.376. The van der Waals surface area contributed by atoms with Crippen molar-refractivity contribution in [3.8, 4) is 0 Å². The van der Waals surface area contributed by atoms with Gasteiger partial charge < -0.3 is 9.47 Å². The van der Waals surface area contributed by atoms with E-state index in [1.165, 1.54) is 9.13 Å². The van der Waals surface area contributed by atoms with E-state index in [1.807, 2.05) is 0 Å². The summed E-state index contributed by atoms with van der Waals surface area (Å²) in [5.41, 5.74) is 1.26. The van der Waals surface area contributed by atoms with Crippen molar-refractivity contribution in [3.63, 3.8) is 0 Å². The van der Waals surface area contributed by atoms with Crippen molar-refractivity contribution >= 4 is 28.7 Å². The maximum atomic E-state index is 11.0. The van der Waals surface area contributed by atoms with Crippen molar-refractivity contribution < 1.29 is 14.3 Å². The summed E-state index contributed by atoms with van der Waals surface area (Å²) in [4.78, 5) is 11.0. The first-order chi connectivity index (χ1) is 8.13. The Hall–Kier alpha value is -0.780. The van der Waals surface area contributed by atoms with Gasteiger partial charge in [-0.3, -0.25) is 0 Å². The zero-order chi connectivity index (χ0) is 12.7. The fraction of sp³-hybridized carbons (Fsp3) is 0.462. The van der Waals surface area contributed by atoms with E-state index in [4.69, 9.17) is 4.74 Å². The van der Waals surface area contributed by atoms with Crippen molar-refractivity contribution in [2.24, 2.45) is 0 Å². The second-order valence-corrected chi connectivity index (χ2v) is 5.02. The molecule has 0 radical (unpaired) electrons. The van der Waals surface area contributed by atoms with E-state index in [0.29, 0.717) is 19.1 Å². The molecule has 1 rings (SSSR count). The summed E-state index contributed by atoms with van der Waals surface area (Å²) in [7, 11) is 0. The van der Waals surface area contributed by atoms with Crippen molar-refractivity contribution in [2.45, 2.75) is 26.2 Å². The van der Waals surface area contributed by atoms with Gasteiger partial charge >= 0.3 is 6.16 Å². The predicted octanol–water partition coefficient (Wildman–Crippen LogP) is 3.96. The molecular weight excluding hydrogens is 331 g/mol. The molecule has 1 aromatic carbocycles. The van der Waals surface area contributed by atoms with Gasteiger partial charge in [-0.2, -0.15) is 0 Å². The van der Waals surface area contributed by atoms with Crippen LogP contribution in [0.1, 0.15) is 31.7 Å². The molecule has 1 atom stereocenters. The van der Waals surface area contributed by atoms with Gasteiger partial charge in [-0.15, -0.1) is 0 Å². The highest BCUT2D eigenvalue weighted by atomic mass is 127. The van der Waals surface area contributed by atoms with E-state index in [1.54, 1.807) is 6.92 Å². The minimum Gasteiger partial charge on any atom is -0.435 e. The van der Waals surface area contributed by atoms with Gasteiger partial charge in [-0.05, 0) is 59.5 Å². The van der Waals surface area contributed by atoms with Crippen LogP contribution in [0.15, 0.2) is 24.3 Å². The minimum absolute atomic E-state index is 0.353. The second kappa shape index (κ2) is 7.53. The molecular formula is C13H17IO3. The summed E-state index contributed by atoms with van der Waals surface area (Å²) >= 11 is 2.28. The smallest absolute Gasteiger partial charge is 0.435 e. The number of hydrogen-bond donors (Lipinski definition) is 0. The molecule has 0 saturated carbocycles. The van der Waals surface area contributed by atoms with E-state index >= 15 is 0 Å². The van der Waals surface area contributed by atoms with Crippen molar-refractivity contribution in [2.75, 3.05) is 13.2 Å². The van der Waals surface area contributed by atoms with Crippen LogP contribution in [0.3, 0.4) is 0 Å². The Bertz CT molecular complexity index is 348. The molecule has 0 heterocycles. The summed E-state index contributed by atoms with van der Waals surface area (Å²) in [6, 6.07) is 8.38. The molecule has 4 heteroatoms. The lowest BCUT2D eigenvalue weighted by Crippen LogP contribution is -2.09. The average molecular weight is 348 g/mol. The maximum absolute atomic E-state index is 11.0. The van der Waals surface area contributed by atoms with Crippen molar-refractivity contribution in [1.82, 2.24) is 0 Å². The monoisotopic (exact) mass is 348 g/mol. The summed E-state index contributed by atoms with van der Waals surface area (Å²) in [6.45, 7) is 4.63. The summed E-state index contributed by atoms with van der Waals surface area (Å²) in [5, 5.41) is 0. The molecule has 0 amide bonds. The Labute approximate surface area is 116 Å². The third-order valence-electron chi connectivity index (χ3n) is 2.47. The van der Waals surface area contributed by atoms with Crippen LogP contribution in [-0.4, -0.2) is 19.4 Å². The van der Waals surface area contributed by atoms with Gasteiger partial charge in [-0.25, -0.2) is 4.79 Å². The van der Waals surface area contributed by atoms with E-state index in [-0.39, 0.29) is 0 Å². The molecule has 3 nitrogen and oxygen atoms in total. The number of ether oxygens (including phenoxy) is 2. The van der Waals surface area contributed by atoms with Gasteiger partial charge in [0.15, 0.2) is 0 Å². The normalized spacial score (nSPS) is 11.9. The fourth-order valence-electron chi connectivity index (χ4n) is 1.44. The molecule has 0 bridgehead atoms. The quantitative estimate of drug-likeness (QED) is 0.597. The first-order valence-electron chi connectivity index (χ1n) is 5.68. The molecule has 0 aliphatic heterocycles. The lowest BCUT2D eigenvalue weighted by molar-refractivity contribution is 0.0573. The minimum atomic E-state index is -0.581. The predicted molar refractivity (Wildman–Crippen MR) is 75.2 cm³/mol. The standard InChI is InChI=1S/C13H17IO3/c1-3-16-13(15)17-9-8-10(2)11-4-6-12(14)7-5-11/h4-7,10H,3,8-9H2,1-2H3. The van der Waals surface area contributed by atoms with E-state index in [0.717, 1.165) is 6.42 Å². The number of hydrogen-bond acceptors (Lipinski definition) is 3. The highest BCUT2D eigenvalue weighted by Gasteiger charge is 2.07. The van der Waals surface area contributed by atoms with E-state index in [2.05, 4.69) is 58.5 Å². The number of carbonyl (C=O) groups excluding carboxylic acids is 1. The van der Waals surface area contributed by atoms with Gasteiger partial charge in [0.1, 0.15) is 0 Å². The van der Waals surface area contributed by atoms with Gasteiger partial charge in [0.25, 0.3) is 0 Å². The van der Waals surface area contributed by atoms with Crippen LogP contribution in [0, 0.1) is 3.57 Å². The Morgan fingerprint density at radius 3 is 2.53 bits per heavy atom. The third-order valence-corrected chi connectivity index (χ3v) is 3.19. The van der Waals surface area contributed by atoms with Gasteiger partial charge in [-0.1, -0.05) is 19.1 Å². The molecule has 0 aromatic heterocycles. The lowest BCUT2D eigenvalue weighted by Gasteiger charge is -2.12. The highest BCUT2D eigenvalue weighted by Crippen LogP contribution is 2.19. The van der Waals surface area contributed by atoms with Crippen LogP contribution < -0.4 is 0 Å². The Morgan fingerprint density at radius 2 is 1.94 bits per heavy atom. The number of halogens is 1. The van der Waals surface area contributed by atoms with Crippen LogP contribution in [0.4, 0.5) is 4.79 Å². The molecule has 1 unspecified atom stereocenters. The fourth-order valence-corrected chi connectivity index (χ4v) is 1.80. The second-order valence-electron chi connectivity index (χ2n) is 3.77. The number of benzene rings is 1. The zero-order valence-electron chi connectivity index (χ0n) is 10.1. The van der Waals surface area contributed by atoms with Crippen LogP contribution in [0.25, 0.3) is 0 Å². The topological polar surface area (TPSA) is 35.5 Å². The van der Waals surface area contributed by atoms with Crippen molar-refractivity contribution in [3.05, 3.63) is 33.4 Å². The Kier molecular flexibility index (Phi) is 6.32. The maximum Gasteiger partial charge on any atom is 0.508 e. The molecule has 0 N–H and O–H groups in total. The zero-order valence-corrected chi connectivity index (χ0v) is 12.3. The molecule has 0 aliphatic carbocycles. The first kappa shape index (κ1) is 14.3. The summed E-state index contributed by atoms with van der Waals surface area (Å²) < 4.78 is 10.8. The number of rotatable bonds is 5. The largest absolute Gasteiger partial charge is 0.508 e. The van der Waals surface area contributed by atoms with Crippen LogP contribution in [-0.2, 0) is 9.47 Å². The molecule has 0 saturated heterocycles. The van der Waals surface area contributed by atoms with Gasteiger partial charge in [0.2, 0.25) is 0 Å². The summed E-state index contributed by atoms with van der Waals surface area (Å²) in [6.07, 6.45) is 0.224. The molecule has 1 aromatic rings. The number of carbonyl (C=O) groups is 1. The Morgan fingerprint density at radius 1 is 1.29 bits per heavy atom. The van der Waals surface area contributed by atoms with Crippen LogP contribution in [0.5, 0.6) is 0 Å². The third kappa shape index (κ3) is 5.39. The molecule has 0 aliphatic rings. The molecule has 94 valence electrons. The Balaban J connectivity index is 2.32. The lowest BCUT2D eigenvalue weighted by atomic mass is 9.98.